The van der Waals surface area contributed by atoms with Gasteiger partial charge in [0.1, 0.15) is 6.10 Å². The molecule has 1 heterocycles. The maximum absolute atomic E-state index is 6.40. The van der Waals surface area contributed by atoms with Crippen LogP contribution in [0.25, 0.3) is 32.3 Å². The van der Waals surface area contributed by atoms with Crippen molar-refractivity contribution in [3.63, 3.8) is 0 Å². The molecule has 0 fully saturated rings. The van der Waals surface area contributed by atoms with Gasteiger partial charge in [0.2, 0.25) is 5.90 Å². The van der Waals surface area contributed by atoms with Crippen molar-refractivity contribution >= 4 is 49.8 Å². The lowest BCUT2D eigenvalue weighted by molar-refractivity contribution is -0.479. The molecule has 7 rings (SSSR count). The van der Waals surface area contributed by atoms with Crippen LogP contribution < -0.4 is 10.9 Å². The summed E-state index contributed by atoms with van der Waals surface area (Å²) in [7, 11) is 0. The smallest absolute Gasteiger partial charge is 0.397 e. The van der Waals surface area contributed by atoms with Crippen LogP contribution >= 0.6 is 0 Å². The highest BCUT2D eigenvalue weighted by molar-refractivity contribution is 6.28. The second-order valence-corrected chi connectivity index (χ2v) is 10.5. The van der Waals surface area contributed by atoms with Crippen molar-refractivity contribution < 1.29 is 14.6 Å². The zero-order chi connectivity index (χ0) is 27.8. The highest BCUT2D eigenvalue weighted by Gasteiger charge is 2.24. The number of nitrogens with zero attached hydrogens (tertiary/aromatic N) is 2. The van der Waals surface area contributed by atoms with Gasteiger partial charge < -0.3 is 9.47 Å². The lowest BCUT2D eigenvalue weighted by atomic mass is 9.90. The van der Waals surface area contributed by atoms with Gasteiger partial charge in [0.15, 0.2) is 0 Å². The van der Waals surface area contributed by atoms with Gasteiger partial charge in [-0.25, -0.2) is 5.84 Å². The number of rotatable bonds is 5. The fourth-order valence-corrected chi connectivity index (χ4v) is 5.93. The molecule has 5 aromatic rings. The molecule has 5 aromatic carbocycles. The number of hydrogen-bond acceptors (Lipinski definition) is 5. The Labute approximate surface area is 238 Å². The van der Waals surface area contributed by atoms with Crippen molar-refractivity contribution in [2.45, 2.75) is 32.3 Å². The number of nitrogens with two attached hydrogens (primary N) is 1. The van der Waals surface area contributed by atoms with Crippen LogP contribution in [0.3, 0.4) is 0 Å². The molecule has 0 aromatic heterocycles. The van der Waals surface area contributed by atoms with E-state index in [0.717, 1.165) is 73.1 Å². The molecule has 1 unspecified atom stereocenters. The zero-order valence-corrected chi connectivity index (χ0v) is 22.9. The SMILES string of the molecule is CC(OC(=[NH+]N)c1ccc2ccc3c(C4=NN=C(c5ccccc5)CCO4)ccc4ccc1c2c43)C1=CCCC=C1. The van der Waals surface area contributed by atoms with Gasteiger partial charge in [-0.15, -0.1) is 5.10 Å². The van der Waals surface area contributed by atoms with Crippen LogP contribution in [0.15, 0.2) is 113 Å². The van der Waals surface area contributed by atoms with Crippen molar-refractivity contribution in [2.75, 3.05) is 6.61 Å². The van der Waals surface area contributed by atoms with Gasteiger partial charge in [-0.2, -0.15) is 5.10 Å². The summed E-state index contributed by atoms with van der Waals surface area (Å²) in [4.78, 5) is 0. The predicted octanol–water partition coefficient (Wildman–Crippen LogP) is 5.54. The topological polar surface area (TPSA) is 83.2 Å². The van der Waals surface area contributed by atoms with E-state index in [4.69, 9.17) is 15.3 Å². The maximum atomic E-state index is 6.40. The van der Waals surface area contributed by atoms with E-state index in [1.54, 1.807) is 0 Å². The molecule has 0 bridgehead atoms. The maximum Gasteiger partial charge on any atom is 0.397 e. The number of hydrogen-bond donors (Lipinski definition) is 2. The normalized spacial score (nSPS) is 16.7. The molecule has 0 amide bonds. The molecule has 0 spiro atoms. The van der Waals surface area contributed by atoms with Gasteiger partial charge in [-0.05, 0) is 70.0 Å². The van der Waals surface area contributed by atoms with Gasteiger partial charge >= 0.3 is 5.90 Å². The number of hydrazine groups is 1. The molecule has 0 saturated heterocycles. The van der Waals surface area contributed by atoms with E-state index >= 15 is 0 Å². The number of hydrazone groups is 1. The first kappa shape index (κ1) is 25.0. The molecular formula is C35H31N4O2+. The van der Waals surface area contributed by atoms with Crippen molar-refractivity contribution in [3.8, 4) is 0 Å². The quantitative estimate of drug-likeness (QED) is 0.101. The highest BCUT2D eigenvalue weighted by atomic mass is 16.5. The Hall–Kier alpha value is -4.97. The fraction of sp³-hybridized carbons (Fsp3) is 0.171. The lowest BCUT2D eigenvalue weighted by Gasteiger charge is -2.18. The summed E-state index contributed by atoms with van der Waals surface area (Å²) in [5.41, 5.74) is 5.00. The first-order valence-electron chi connectivity index (χ1n) is 14.1. The second-order valence-electron chi connectivity index (χ2n) is 10.5. The third kappa shape index (κ3) is 4.51. The van der Waals surface area contributed by atoms with Crippen LogP contribution in [0, 0.1) is 0 Å². The summed E-state index contributed by atoms with van der Waals surface area (Å²) >= 11 is 0. The van der Waals surface area contributed by atoms with Crippen molar-refractivity contribution in [2.24, 2.45) is 16.0 Å². The van der Waals surface area contributed by atoms with E-state index in [0.29, 0.717) is 24.8 Å². The summed E-state index contributed by atoms with van der Waals surface area (Å²) in [6, 6.07) is 27.2. The van der Waals surface area contributed by atoms with Crippen LogP contribution in [0.2, 0.25) is 0 Å². The fourth-order valence-electron chi connectivity index (χ4n) is 5.93. The molecule has 0 radical (unpaired) electrons. The van der Waals surface area contributed by atoms with E-state index in [9.17, 15) is 0 Å². The summed E-state index contributed by atoms with van der Waals surface area (Å²) < 4.78 is 12.6. The number of nitrogens with one attached hydrogen (secondary N) is 1. The molecule has 0 saturated carbocycles. The number of benzene rings is 5. The second kappa shape index (κ2) is 10.5. The largest absolute Gasteiger partial charge is 0.476 e. The molecule has 41 heavy (non-hydrogen) atoms. The molecule has 1 aliphatic heterocycles. The Bertz CT molecular complexity index is 1920. The van der Waals surface area contributed by atoms with Crippen LogP contribution in [-0.4, -0.2) is 30.2 Å². The summed E-state index contributed by atoms with van der Waals surface area (Å²) in [6.45, 7) is 2.57. The van der Waals surface area contributed by atoms with Gasteiger partial charge in [0, 0.05) is 17.4 Å². The van der Waals surface area contributed by atoms with E-state index in [-0.39, 0.29) is 6.10 Å². The minimum atomic E-state index is -0.130. The average Bonchev–Trinajstić information content (AvgIpc) is 3.29. The number of allylic oxidation sites excluding steroid dienone is 2. The molecule has 202 valence electrons. The predicted molar refractivity (Wildman–Crippen MR) is 166 cm³/mol. The standard InChI is InChI=1S/C35H30N4O2/c1-22(23-8-4-2-5-9-23)41-34(37-36)29-18-14-25-13-17-28-30(19-15-26-12-16-27(29)32(25)33(26)28)35-39-38-31(20-21-40-35)24-10-6-3-7-11-24/h3-4,6-19,22H,2,5,20-21,36H2,1H3/p+1. The molecule has 6 nitrogen and oxygen atoms in total. The summed E-state index contributed by atoms with van der Waals surface area (Å²) in [6.07, 6.45) is 9.22. The van der Waals surface area contributed by atoms with Gasteiger partial charge in [-0.3, -0.25) is 0 Å². The van der Waals surface area contributed by atoms with Crippen molar-refractivity contribution in [1.82, 2.24) is 0 Å². The lowest BCUT2D eigenvalue weighted by Crippen LogP contribution is -2.81. The first-order valence-corrected chi connectivity index (χ1v) is 14.1. The molecule has 6 heteroatoms. The van der Waals surface area contributed by atoms with E-state index in [2.05, 4.69) is 101 Å². The zero-order valence-electron chi connectivity index (χ0n) is 22.9. The Kier molecular flexibility index (Phi) is 6.44. The molecule has 1 atom stereocenters. The highest BCUT2D eigenvalue weighted by Crippen LogP contribution is 2.38. The van der Waals surface area contributed by atoms with Crippen molar-refractivity contribution in [3.05, 3.63) is 119 Å². The van der Waals surface area contributed by atoms with Gasteiger partial charge in [0.25, 0.3) is 0 Å². The van der Waals surface area contributed by atoms with Gasteiger partial charge in [0.05, 0.1) is 17.9 Å². The van der Waals surface area contributed by atoms with Crippen LogP contribution in [0.1, 0.15) is 42.9 Å². The summed E-state index contributed by atoms with van der Waals surface area (Å²) in [5.74, 6) is 7.14. The molecule has 1 aliphatic carbocycles. The molecule has 3 N–H and O–H groups in total. The third-order valence-corrected chi connectivity index (χ3v) is 8.00. The molecular weight excluding hydrogens is 508 g/mol. The summed E-state index contributed by atoms with van der Waals surface area (Å²) in [5, 5.41) is 18.8. The van der Waals surface area contributed by atoms with E-state index in [1.807, 2.05) is 18.2 Å². The monoisotopic (exact) mass is 539 g/mol. The average molecular weight is 540 g/mol. The van der Waals surface area contributed by atoms with Crippen molar-refractivity contribution in [1.29, 1.82) is 0 Å². The minimum absolute atomic E-state index is 0.130. The van der Waals surface area contributed by atoms with E-state index in [1.165, 1.54) is 0 Å². The van der Waals surface area contributed by atoms with Crippen LogP contribution in [0.4, 0.5) is 0 Å². The Balaban J connectivity index is 1.33. The Morgan fingerprint density at radius 2 is 1.63 bits per heavy atom. The first-order chi connectivity index (χ1) is 20.2. The van der Waals surface area contributed by atoms with E-state index < -0.39 is 0 Å². The Morgan fingerprint density at radius 3 is 2.41 bits per heavy atom. The third-order valence-electron chi connectivity index (χ3n) is 8.00. The minimum Gasteiger partial charge on any atom is -0.476 e. The molecule has 2 aliphatic rings. The van der Waals surface area contributed by atoms with Crippen LogP contribution in [-0.2, 0) is 9.47 Å². The Morgan fingerprint density at radius 1 is 0.878 bits per heavy atom. The number of ether oxygens (including phenoxy) is 2. The van der Waals surface area contributed by atoms with Crippen LogP contribution in [0.5, 0.6) is 0 Å². The van der Waals surface area contributed by atoms with Gasteiger partial charge in [-0.1, -0.05) is 90.1 Å².